The second kappa shape index (κ2) is 9.78. The Morgan fingerprint density at radius 1 is 0.610 bits per heavy atom. The molecular formula is C38H34N2O. The zero-order chi connectivity index (χ0) is 28.2. The van der Waals surface area contributed by atoms with E-state index in [0.717, 1.165) is 44.4 Å². The molecule has 0 aliphatic carbocycles. The van der Waals surface area contributed by atoms with E-state index < -0.39 is 0 Å². The maximum absolute atomic E-state index is 6.20. The largest absolute Gasteiger partial charge is 0.456 e. The minimum absolute atomic E-state index is 0.323. The number of nitrogens with zero attached hydrogens (tertiary/aromatic N) is 2. The smallest absolute Gasteiger partial charge is 0.145 e. The van der Waals surface area contributed by atoms with Crippen LogP contribution in [0.3, 0.4) is 0 Å². The standard InChI is InChI=1S/C38H34N2O/c1-23(2)29-21-28(26-11-7-6-8-12-26)22-30(24(3)4)37(29)40-34-14-10-9-13-33(34)39-38(40)27-16-18-36-32(20-27)31-19-25(5)15-17-35(31)41-36/h6-24H,1-5H3. The van der Waals surface area contributed by atoms with Crippen LogP contribution >= 0.6 is 0 Å². The van der Waals surface area contributed by atoms with Crippen molar-refractivity contribution in [1.82, 2.24) is 9.55 Å². The Bertz CT molecular complexity index is 2030. The predicted molar refractivity (Wildman–Crippen MR) is 172 cm³/mol. The summed E-state index contributed by atoms with van der Waals surface area (Å²) in [7, 11) is 0. The first kappa shape index (κ1) is 25.3. The molecule has 0 atom stereocenters. The highest BCUT2D eigenvalue weighted by Crippen LogP contribution is 2.41. The molecule has 202 valence electrons. The highest BCUT2D eigenvalue weighted by Gasteiger charge is 2.24. The molecule has 0 aliphatic heterocycles. The Morgan fingerprint density at radius 3 is 1.95 bits per heavy atom. The third-order valence-electron chi connectivity index (χ3n) is 8.19. The van der Waals surface area contributed by atoms with Crippen molar-refractivity contribution in [3.63, 3.8) is 0 Å². The minimum atomic E-state index is 0.323. The van der Waals surface area contributed by atoms with Gasteiger partial charge in [-0.15, -0.1) is 0 Å². The molecule has 0 radical (unpaired) electrons. The van der Waals surface area contributed by atoms with Crippen LogP contribution in [0.4, 0.5) is 0 Å². The average Bonchev–Trinajstić information content (AvgIpc) is 3.54. The van der Waals surface area contributed by atoms with Crippen LogP contribution in [0.15, 0.2) is 108 Å². The van der Waals surface area contributed by atoms with Crippen molar-refractivity contribution >= 4 is 33.0 Å². The number of aromatic nitrogens is 2. The van der Waals surface area contributed by atoms with E-state index in [-0.39, 0.29) is 0 Å². The second-order valence-corrected chi connectivity index (χ2v) is 11.8. The average molecular weight is 535 g/mol. The summed E-state index contributed by atoms with van der Waals surface area (Å²) in [6.45, 7) is 11.3. The summed E-state index contributed by atoms with van der Waals surface area (Å²) < 4.78 is 8.61. The van der Waals surface area contributed by atoms with E-state index in [2.05, 4.69) is 142 Å². The summed E-state index contributed by atoms with van der Waals surface area (Å²) in [5.41, 5.74) is 12.6. The van der Waals surface area contributed by atoms with Crippen molar-refractivity contribution < 1.29 is 4.42 Å². The van der Waals surface area contributed by atoms with E-state index in [0.29, 0.717) is 11.8 Å². The molecule has 0 N–H and O–H groups in total. The molecule has 2 aromatic heterocycles. The topological polar surface area (TPSA) is 31.0 Å². The van der Waals surface area contributed by atoms with Crippen molar-refractivity contribution in [1.29, 1.82) is 0 Å². The molecule has 0 fully saturated rings. The second-order valence-electron chi connectivity index (χ2n) is 11.8. The van der Waals surface area contributed by atoms with Crippen LogP contribution in [-0.4, -0.2) is 9.55 Å². The lowest BCUT2D eigenvalue weighted by Crippen LogP contribution is -2.09. The first-order valence-corrected chi connectivity index (χ1v) is 14.5. The number of imidazole rings is 1. The third-order valence-corrected chi connectivity index (χ3v) is 8.19. The van der Waals surface area contributed by atoms with Gasteiger partial charge in [-0.05, 0) is 95.6 Å². The molecular weight excluding hydrogens is 500 g/mol. The fourth-order valence-corrected chi connectivity index (χ4v) is 6.09. The first-order chi connectivity index (χ1) is 19.9. The van der Waals surface area contributed by atoms with Crippen LogP contribution in [0.5, 0.6) is 0 Å². The molecule has 3 nitrogen and oxygen atoms in total. The number of para-hydroxylation sites is 2. The summed E-state index contributed by atoms with van der Waals surface area (Å²) in [5, 5.41) is 2.26. The van der Waals surface area contributed by atoms with Gasteiger partial charge in [0.05, 0.1) is 16.7 Å². The number of furan rings is 1. The van der Waals surface area contributed by atoms with Gasteiger partial charge in [-0.2, -0.15) is 0 Å². The lowest BCUT2D eigenvalue weighted by molar-refractivity contribution is 0.669. The molecule has 7 aromatic rings. The van der Waals surface area contributed by atoms with Gasteiger partial charge in [0.2, 0.25) is 0 Å². The molecule has 3 heteroatoms. The SMILES string of the molecule is Cc1ccc2oc3ccc(-c4nc5ccccc5n4-c4c(C(C)C)cc(-c5ccccc5)cc4C(C)C)cc3c2c1. The van der Waals surface area contributed by atoms with Gasteiger partial charge in [-0.3, -0.25) is 4.57 Å². The van der Waals surface area contributed by atoms with Crippen molar-refractivity contribution in [2.45, 2.75) is 46.5 Å². The summed E-state index contributed by atoms with van der Waals surface area (Å²) in [6, 6.07) is 36.9. The van der Waals surface area contributed by atoms with Gasteiger partial charge in [0.25, 0.3) is 0 Å². The van der Waals surface area contributed by atoms with Crippen molar-refractivity contribution in [2.24, 2.45) is 0 Å². The lowest BCUT2D eigenvalue weighted by atomic mass is 9.88. The van der Waals surface area contributed by atoms with E-state index in [4.69, 9.17) is 9.40 Å². The molecule has 0 spiro atoms. The monoisotopic (exact) mass is 534 g/mol. The van der Waals surface area contributed by atoms with Gasteiger partial charge in [0.1, 0.15) is 17.0 Å². The molecule has 0 saturated heterocycles. The normalized spacial score (nSPS) is 12.0. The van der Waals surface area contributed by atoms with Crippen LogP contribution in [-0.2, 0) is 0 Å². The Balaban J connectivity index is 1.55. The van der Waals surface area contributed by atoms with Crippen LogP contribution in [0.2, 0.25) is 0 Å². The maximum atomic E-state index is 6.20. The Morgan fingerprint density at radius 2 is 1.24 bits per heavy atom. The maximum Gasteiger partial charge on any atom is 0.145 e. The van der Waals surface area contributed by atoms with Crippen LogP contribution in [0.25, 0.3) is 61.2 Å². The summed E-state index contributed by atoms with van der Waals surface area (Å²) >= 11 is 0. The van der Waals surface area contributed by atoms with Gasteiger partial charge >= 0.3 is 0 Å². The summed E-state index contributed by atoms with van der Waals surface area (Å²) in [5.74, 6) is 1.60. The van der Waals surface area contributed by atoms with Crippen molar-refractivity contribution in [2.75, 3.05) is 0 Å². The Labute approximate surface area is 241 Å². The first-order valence-electron chi connectivity index (χ1n) is 14.5. The molecule has 0 unspecified atom stereocenters. The molecule has 41 heavy (non-hydrogen) atoms. The van der Waals surface area contributed by atoms with Gasteiger partial charge in [0.15, 0.2) is 0 Å². The summed E-state index contributed by atoms with van der Waals surface area (Å²) in [6.07, 6.45) is 0. The van der Waals surface area contributed by atoms with E-state index in [1.54, 1.807) is 0 Å². The number of fused-ring (bicyclic) bond motifs is 4. The quantitative estimate of drug-likeness (QED) is 0.220. The highest BCUT2D eigenvalue weighted by atomic mass is 16.3. The zero-order valence-corrected chi connectivity index (χ0v) is 24.3. The summed E-state index contributed by atoms with van der Waals surface area (Å²) in [4.78, 5) is 5.26. The predicted octanol–water partition coefficient (Wildman–Crippen LogP) is 10.8. The lowest BCUT2D eigenvalue weighted by Gasteiger charge is -2.24. The van der Waals surface area contributed by atoms with Gasteiger partial charge in [0, 0.05) is 16.3 Å². The zero-order valence-electron chi connectivity index (χ0n) is 24.3. The van der Waals surface area contributed by atoms with E-state index >= 15 is 0 Å². The number of hydrogen-bond donors (Lipinski definition) is 0. The molecule has 0 saturated carbocycles. The third kappa shape index (κ3) is 4.24. The number of aryl methyl sites for hydroxylation is 1. The molecule has 7 rings (SSSR count). The molecule has 2 heterocycles. The minimum Gasteiger partial charge on any atom is -0.456 e. The number of hydrogen-bond acceptors (Lipinski definition) is 2. The van der Waals surface area contributed by atoms with Crippen LogP contribution in [0.1, 0.15) is 56.2 Å². The fraction of sp³-hybridized carbons (Fsp3) is 0.184. The van der Waals surface area contributed by atoms with Crippen LogP contribution in [0, 0.1) is 6.92 Å². The Hall–Kier alpha value is -4.63. The van der Waals surface area contributed by atoms with Gasteiger partial charge in [-0.25, -0.2) is 4.98 Å². The van der Waals surface area contributed by atoms with E-state index in [9.17, 15) is 0 Å². The van der Waals surface area contributed by atoms with E-state index in [1.807, 2.05) is 0 Å². The molecule has 0 amide bonds. The van der Waals surface area contributed by atoms with Crippen molar-refractivity contribution in [3.05, 3.63) is 120 Å². The Kier molecular flexibility index (Phi) is 6.04. The number of benzene rings is 5. The van der Waals surface area contributed by atoms with E-state index in [1.165, 1.54) is 33.5 Å². The van der Waals surface area contributed by atoms with Gasteiger partial charge < -0.3 is 4.42 Å². The van der Waals surface area contributed by atoms with Gasteiger partial charge in [-0.1, -0.05) is 81.8 Å². The van der Waals surface area contributed by atoms with Crippen molar-refractivity contribution in [3.8, 4) is 28.2 Å². The molecule has 0 bridgehead atoms. The highest BCUT2D eigenvalue weighted by molar-refractivity contribution is 6.06. The number of rotatable bonds is 5. The molecule has 5 aromatic carbocycles. The fourth-order valence-electron chi connectivity index (χ4n) is 6.09. The molecule has 0 aliphatic rings. The van der Waals surface area contributed by atoms with Crippen LogP contribution < -0.4 is 0 Å².